The first-order valence-electron chi connectivity index (χ1n) is 5.27. The van der Waals surface area contributed by atoms with E-state index in [1.54, 1.807) is 0 Å². The first-order chi connectivity index (χ1) is 8.31. The smallest absolute Gasteiger partial charge is 0.181 e. The first kappa shape index (κ1) is 9.72. The molecule has 0 bridgehead atoms. The molecule has 3 aromatic rings. The van der Waals surface area contributed by atoms with Gasteiger partial charge in [0.05, 0.1) is 0 Å². The molecule has 84 valence electrons. The second-order valence-electron chi connectivity index (χ2n) is 3.78. The topological polar surface area (TPSA) is 64.1 Å². The molecule has 0 radical (unpaired) electrons. The number of hydrogen-bond donors (Lipinski definition) is 2. The van der Waals surface area contributed by atoms with E-state index in [1.807, 2.05) is 42.5 Å². The molecule has 0 saturated carbocycles. The highest BCUT2D eigenvalue weighted by Crippen LogP contribution is 2.21. The molecule has 0 aliphatic heterocycles. The standard InChI is InChI=1S/C13H11N3O/c14-9-1-3-10(4-2-9)16-11-5-6-13-12(7-11)15-8-17-13/h1-8,16H,14H2. The predicted octanol–water partition coefficient (Wildman–Crippen LogP) is 3.15. The Kier molecular flexibility index (Phi) is 2.19. The number of aromatic nitrogens is 1. The largest absolute Gasteiger partial charge is 0.443 e. The Balaban J connectivity index is 1.91. The number of nitrogens with two attached hydrogens (primary N) is 1. The van der Waals surface area contributed by atoms with Crippen molar-refractivity contribution in [3.8, 4) is 0 Å². The van der Waals surface area contributed by atoms with Crippen LogP contribution >= 0.6 is 0 Å². The van der Waals surface area contributed by atoms with E-state index >= 15 is 0 Å². The number of anilines is 3. The van der Waals surface area contributed by atoms with Crippen molar-refractivity contribution in [3.63, 3.8) is 0 Å². The number of rotatable bonds is 2. The zero-order chi connectivity index (χ0) is 11.7. The lowest BCUT2D eigenvalue weighted by Crippen LogP contribution is -1.90. The van der Waals surface area contributed by atoms with E-state index in [-0.39, 0.29) is 0 Å². The highest BCUT2D eigenvalue weighted by atomic mass is 16.3. The van der Waals surface area contributed by atoms with Crippen LogP contribution in [0.25, 0.3) is 11.1 Å². The van der Waals surface area contributed by atoms with Crippen LogP contribution in [0.5, 0.6) is 0 Å². The third-order valence-corrected chi connectivity index (χ3v) is 2.53. The molecule has 0 aliphatic rings. The van der Waals surface area contributed by atoms with Gasteiger partial charge in [0.1, 0.15) is 5.52 Å². The van der Waals surface area contributed by atoms with Gasteiger partial charge in [0.25, 0.3) is 0 Å². The van der Waals surface area contributed by atoms with Gasteiger partial charge in [-0.1, -0.05) is 0 Å². The van der Waals surface area contributed by atoms with E-state index in [2.05, 4.69) is 10.3 Å². The van der Waals surface area contributed by atoms with Crippen LogP contribution in [0.15, 0.2) is 53.3 Å². The number of nitrogens with zero attached hydrogens (tertiary/aromatic N) is 1. The van der Waals surface area contributed by atoms with Crippen LogP contribution in [0.2, 0.25) is 0 Å². The van der Waals surface area contributed by atoms with Crippen molar-refractivity contribution in [1.82, 2.24) is 4.98 Å². The minimum absolute atomic E-state index is 0.752. The van der Waals surface area contributed by atoms with Gasteiger partial charge in [0, 0.05) is 17.1 Å². The Morgan fingerprint density at radius 3 is 2.59 bits per heavy atom. The summed E-state index contributed by atoms with van der Waals surface area (Å²) < 4.78 is 5.18. The molecule has 0 saturated heterocycles. The monoisotopic (exact) mass is 225 g/mol. The van der Waals surface area contributed by atoms with Gasteiger partial charge in [-0.25, -0.2) is 4.98 Å². The van der Waals surface area contributed by atoms with Gasteiger partial charge in [-0.3, -0.25) is 0 Å². The van der Waals surface area contributed by atoms with Gasteiger partial charge in [0.2, 0.25) is 0 Å². The number of oxazole rings is 1. The Morgan fingerprint density at radius 1 is 1.00 bits per heavy atom. The van der Waals surface area contributed by atoms with Crippen LogP contribution in [0, 0.1) is 0 Å². The van der Waals surface area contributed by atoms with Crippen LogP contribution in [-0.4, -0.2) is 4.98 Å². The van der Waals surface area contributed by atoms with Crippen molar-refractivity contribution in [2.75, 3.05) is 11.1 Å². The molecule has 1 aromatic heterocycles. The fourth-order valence-electron chi connectivity index (χ4n) is 1.67. The Hall–Kier alpha value is -2.49. The van der Waals surface area contributed by atoms with Crippen LogP contribution in [0.3, 0.4) is 0 Å². The predicted molar refractivity (Wildman–Crippen MR) is 68.1 cm³/mol. The maximum Gasteiger partial charge on any atom is 0.181 e. The number of nitrogen functional groups attached to an aromatic ring is 1. The molecule has 4 nitrogen and oxygen atoms in total. The molecule has 3 rings (SSSR count). The van der Waals surface area contributed by atoms with Gasteiger partial charge in [0.15, 0.2) is 12.0 Å². The van der Waals surface area contributed by atoms with Crippen molar-refractivity contribution >= 4 is 28.2 Å². The Labute approximate surface area is 98.1 Å². The zero-order valence-corrected chi connectivity index (χ0v) is 9.05. The second kappa shape index (κ2) is 3.83. The summed E-state index contributed by atoms with van der Waals surface area (Å²) in [5, 5.41) is 3.28. The quantitative estimate of drug-likeness (QED) is 0.657. The summed E-state index contributed by atoms with van der Waals surface area (Å²) in [6.45, 7) is 0. The molecule has 17 heavy (non-hydrogen) atoms. The van der Waals surface area contributed by atoms with Crippen LogP contribution in [-0.2, 0) is 0 Å². The minimum atomic E-state index is 0.752. The average molecular weight is 225 g/mol. The molecule has 0 spiro atoms. The first-order valence-corrected chi connectivity index (χ1v) is 5.27. The summed E-state index contributed by atoms with van der Waals surface area (Å²) in [6.07, 6.45) is 1.44. The van der Waals surface area contributed by atoms with E-state index in [0.29, 0.717) is 0 Å². The third kappa shape index (κ3) is 1.92. The minimum Gasteiger partial charge on any atom is -0.443 e. The summed E-state index contributed by atoms with van der Waals surface area (Å²) in [5.41, 5.74) is 9.96. The molecule has 3 N–H and O–H groups in total. The maximum atomic E-state index is 5.63. The van der Waals surface area contributed by atoms with E-state index < -0.39 is 0 Å². The molecule has 4 heteroatoms. The molecule has 1 heterocycles. The van der Waals surface area contributed by atoms with Crippen molar-refractivity contribution in [2.24, 2.45) is 0 Å². The van der Waals surface area contributed by atoms with E-state index in [1.165, 1.54) is 6.39 Å². The third-order valence-electron chi connectivity index (χ3n) is 2.53. The number of hydrogen-bond acceptors (Lipinski definition) is 4. The van der Waals surface area contributed by atoms with Crippen molar-refractivity contribution in [3.05, 3.63) is 48.9 Å². The molecule has 0 amide bonds. The van der Waals surface area contributed by atoms with Gasteiger partial charge in [-0.15, -0.1) is 0 Å². The zero-order valence-electron chi connectivity index (χ0n) is 9.05. The van der Waals surface area contributed by atoms with Crippen LogP contribution < -0.4 is 11.1 Å². The lowest BCUT2D eigenvalue weighted by atomic mass is 10.2. The van der Waals surface area contributed by atoms with Crippen molar-refractivity contribution < 1.29 is 4.42 Å². The van der Waals surface area contributed by atoms with Gasteiger partial charge in [-0.2, -0.15) is 0 Å². The van der Waals surface area contributed by atoms with Gasteiger partial charge < -0.3 is 15.5 Å². The summed E-state index contributed by atoms with van der Waals surface area (Å²) in [7, 11) is 0. The number of fused-ring (bicyclic) bond motifs is 1. The van der Waals surface area contributed by atoms with Crippen molar-refractivity contribution in [1.29, 1.82) is 0 Å². The fraction of sp³-hybridized carbons (Fsp3) is 0. The summed E-state index contributed by atoms with van der Waals surface area (Å²) in [6, 6.07) is 13.4. The average Bonchev–Trinajstić information content (AvgIpc) is 2.79. The molecule has 0 fully saturated rings. The molecule has 0 atom stereocenters. The molecular weight excluding hydrogens is 214 g/mol. The van der Waals surface area contributed by atoms with Gasteiger partial charge >= 0.3 is 0 Å². The molecular formula is C13H11N3O. The second-order valence-corrected chi connectivity index (χ2v) is 3.78. The van der Waals surface area contributed by atoms with E-state index in [4.69, 9.17) is 10.2 Å². The van der Waals surface area contributed by atoms with Crippen LogP contribution in [0.4, 0.5) is 17.1 Å². The summed E-state index contributed by atoms with van der Waals surface area (Å²) in [4.78, 5) is 4.11. The van der Waals surface area contributed by atoms with E-state index in [9.17, 15) is 0 Å². The molecule has 0 unspecified atom stereocenters. The summed E-state index contributed by atoms with van der Waals surface area (Å²) >= 11 is 0. The Morgan fingerprint density at radius 2 is 1.76 bits per heavy atom. The number of benzene rings is 2. The SMILES string of the molecule is Nc1ccc(Nc2ccc3ocnc3c2)cc1. The molecule has 2 aromatic carbocycles. The maximum absolute atomic E-state index is 5.63. The van der Waals surface area contributed by atoms with Gasteiger partial charge in [-0.05, 0) is 42.5 Å². The number of nitrogens with one attached hydrogen (secondary N) is 1. The molecule has 0 aliphatic carbocycles. The van der Waals surface area contributed by atoms with E-state index in [0.717, 1.165) is 28.2 Å². The lowest BCUT2D eigenvalue weighted by molar-refractivity contribution is 0.602. The normalized spacial score (nSPS) is 10.6. The van der Waals surface area contributed by atoms with Crippen molar-refractivity contribution in [2.45, 2.75) is 0 Å². The highest BCUT2D eigenvalue weighted by Gasteiger charge is 2.00. The summed E-state index contributed by atoms with van der Waals surface area (Å²) in [5.74, 6) is 0. The van der Waals surface area contributed by atoms with Crippen LogP contribution in [0.1, 0.15) is 0 Å². The lowest BCUT2D eigenvalue weighted by Gasteiger charge is -2.06. The highest BCUT2D eigenvalue weighted by molar-refractivity contribution is 5.78. The Bertz CT molecular complexity index is 643. The fourth-order valence-corrected chi connectivity index (χ4v) is 1.67.